The second kappa shape index (κ2) is 9.05. The summed E-state index contributed by atoms with van der Waals surface area (Å²) < 4.78 is 5.39. The number of pyridine rings is 2. The van der Waals surface area contributed by atoms with Gasteiger partial charge in [-0.05, 0) is 48.2 Å². The summed E-state index contributed by atoms with van der Waals surface area (Å²) >= 11 is 12.6. The zero-order valence-corrected chi connectivity index (χ0v) is 19.3. The molecule has 33 heavy (non-hydrogen) atoms. The molecule has 1 N–H and O–H groups in total. The van der Waals surface area contributed by atoms with E-state index in [4.69, 9.17) is 32.9 Å². The maximum Gasteiger partial charge on any atom is 0.273 e. The molecule has 4 aromatic rings. The lowest BCUT2D eigenvalue weighted by Crippen LogP contribution is -2.41. The summed E-state index contributed by atoms with van der Waals surface area (Å²) in [5.41, 5.74) is 2.23. The molecule has 8 nitrogen and oxygen atoms in total. The van der Waals surface area contributed by atoms with Gasteiger partial charge in [-0.1, -0.05) is 23.7 Å². The SMILES string of the molecule is CC(Nc1nc(Cl)nc2cccnc12)c1cc2cccc(Cl)c2c(C(=O)N2CCOCC2)n1. The van der Waals surface area contributed by atoms with Gasteiger partial charge in [0.05, 0.1) is 35.5 Å². The second-order valence-electron chi connectivity index (χ2n) is 7.72. The van der Waals surface area contributed by atoms with Crippen LogP contribution in [0.25, 0.3) is 21.8 Å². The molecule has 4 heterocycles. The second-order valence-corrected chi connectivity index (χ2v) is 8.46. The van der Waals surface area contributed by atoms with Crippen molar-refractivity contribution >= 4 is 56.7 Å². The maximum absolute atomic E-state index is 13.4. The van der Waals surface area contributed by atoms with E-state index in [1.54, 1.807) is 23.2 Å². The smallest absolute Gasteiger partial charge is 0.273 e. The molecular weight excluding hydrogens is 463 g/mol. The molecule has 1 aliphatic heterocycles. The van der Waals surface area contributed by atoms with Crippen molar-refractivity contribution in [2.45, 2.75) is 13.0 Å². The maximum atomic E-state index is 13.4. The molecule has 1 saturated heterocycles. The van der Waals surface area contributed by atoms with E-state index in [0.717, 1.165) is 5.39 Å². The molecule has 168 valence electrons. The van der Waals surface area contributed by atoms with Crippen LogP contribution in [0.2, 0.25) is 10.3 Å². The van der Waals surface area contributed by atoms with Crippen molar-refractivity contribution in [1.29, 1.82) is 0 Å². The number of hydrogen-bond donors (Lipinski definition) is 1. The van der Waals surface area contributed by atoms with Gasteiger partial charge < -0.3 is 15.0 Å². The molecule has 1 amide bonds. The van der Waals surface area contributed by atoms with Gasteiger partial charge in [0, 0.05) is 24.7 Å². The topological polar surface area (TPSA) is 93.1 Å². The number of carbonyl (C=O) groups is 1. The van der Waals surface area contributed by atoms with Crippen LogP contribution in [0.4, 0.5) is 5.82 Å². The zero-order chi connectivity index (χ0) is 22.9. The van der Waals surface area contributed by atoms with Crippen LogP contribution in [0.3, 0.4) is 0 Å². The van der Waals surface area contributed by atoms with Gasteiger partial charge in [-0.2, -0.15) is 4.98 Å². The van der Waals surface area contributed by atoms with Crippen LogP contribution in [0.1, 0.15) is 29.1 Å². The highest BCUT2D eigenvalue weighted by Crippen LogP contribution is 2.31. The lowest BCUT2D eigenvalue weighted by Gasteiger charge is -2.27. The van der Waals surface area contributed by atoms with Crippen LogP contribution in [0.5, 0.6) is 0 Å². The minimum atomic E-state index is -0.305. The number of aromatic nitrogens is 4. The molecule has 0 saturated carbocycles. The summed E-state index contributed by atoms with van der Waals surface area (Å²) in [7, 11) is 0. The fourth-order valence-corrected chi connectivity index (χ4v) is 4.35. The number of fused-ring (bicyclic) bond motifs is 2. The number of morpholine rings is 1. The number of amides is 1. The summed E-state index contributed by atoms with van der Waals surface area (Å²) in [6, 6.07) is 10.8. The van der Waals surface area contributed by atoms with Gasteiger partial charge in [0.25, 0.3) is 5.91 Å². The van der Waals surface area contributed by atoms with E-state index in [1.165, 1.54) is 0 Å². The summed E-state index contributed by atoms with van der Waals surface area (Å²) in [6.45, 7) is 3.98. The number of ether oxygens (including phenoxy) is 1. The van der Waals surface area contributed by atoms with E-state index in [1.807, 2.05) is 31.2 Å². The fourth-order valence-electron chi connectivity index (χ4n) is 3.90. The number of nitrogens with zero attached hydrogens (tertiary/aromatic N) is 5. The number of benzene rings is 1. The van der Waals surface area contributed by atoms with Crippen molar-refractivity contribution in [1.82, 2.24) is 24.8 Å². The minimum absolute atomic E-state index is 0.117. The average molecular weight is 483 g/mol. The highest BCUT2D eigenvalue weighted by molar-refractivity contribution is 6.36. The van der Waals surface area contributed by atoms with Crippen LogP contribution in [0.15, 0.2) is 42.6 Å². The third kappa shape index (κ3) is 4.29. The first-order valence-corrected chi connectivity index (χ1v) is 11.3. The molecule has 10 heteroatoms. The first-order valence-electron chi connectivity index (χ1n) is 10.5. The summed E-state index contributed by atoms with van der Waals surface area (Å²) in [6.07, 6.45) is 1.67. The average Bonchev–Trinajstić information content (AvgIpc) is 2.83. The van der Waals surface area contributed by atoms with Crippen LogP contribution in [-0.2, 0) is 4.74 Å². The van der Waals surface area contributed by atoms with Crippen molar-refractivity contribution in [2.75, 3.05) is 31.6 Å². The van der Waals surface area contributed by atoms with Gasteiger partial charge in [0.2, 0.25) is 5.28 Å². The van der Waals surface area contributed by atoms with E-state index in [0.29, 0.717) is 65.0 Å². The highest BCUT2D eigenvalue weighted by atomic mass is 35.5. The molecule has 3 aromatic heterocycles. The Labute approximate surface area is 199 Å². The summed E-state index contributed by atoms with van der Waals surface area (Å²) in [5.74, 6) is 0.329. The third-order valence-corrected chi connectivity index (χ3v) is 6.04. The predicted molar refractivity (Wildman–Crippen MR) is 128 cm³/mol. The third-order valence-electron chi connectivity index (χ3n) is 5.55. The van der Waals surface area contributed by atoms with Crippen LogP contribution in [-0.4, -0.2) is 57.0 Å². The molecule has 1 atom stereocenters. The van der Waals surface area contributed by atoms with Gasteiger partial charge in [0.1, 0.15) is 11.2 Å². The van der Waals surface area contributed by atoms with Crippen LogP contribution >= 0.6 is 23.2 Å². The van der Waals surface area contributed by atoms with Gasteiger partial charge in [-0.25, -0.2) is 9.97 Å². The van der Waals surface area contributed by atoms with Gasteiger partial charge in [0.15, 0.2) is 5.82 Å². The van der Waals surface area contributed by atoms with E-state index in [9.17, 15) is 4.79 Å². The molecule has 0 radical (unpaired) electrons. The normalized spacial score (nSPS) is 15.1. The van der Waals surface area contributed by atoms with Gasteiger partial charge >= 0.3 is 0 Å². The molecule has 1 fully saturated rings. The minimum Gasteiger partial charge on any atom is -0.378 e. The van der Waals surface area contributed by atoms with Crippen molar-refractivity contribution in [2.24, 2.45) is 0 Å². The molecule has 5 rings (SSSR count). The number of rotatable bonds is 4. The Balaban J connectivity index is 1.57. The van der Waals surface area contributed by atoms with Crippen molar-refractivity contribution in [3.63, 3.8) is 0 Å². The zero-order valence-electron chi connectivity index (χ0n) is 17.8. The Morgan fingerprint density at radius 3 is 2.76 bits per heavy atom. The molecule has 1 unspecified atom stereocenters. The fraction of sp³-hybridized carbons (Fsp3) is 0.261. The lowest BCUT2D eigenvalue weighted by molar-refractivity contribution is 0.0300. The Hall–Kier alpha value is -3.07. The Morgan fingerprint density at radius 1 is 1.12 bits per heavy atom. The summed E-state index contributed by atoms with van der Waals surface area (Å²) in [5, 5.41) is 5.41. The van der Waals surface area contributed by atoms with E-state index < -0.39 is 0 Å². The van der Waals surface area contributed by atoms with Crippen molar-refractivity contribution in [3.8, 4) is 0 Å². The first kappa shape index (κ1) is 21.8. The number of hydrogen-bond acceptors (Lipinski definition) is 7. The standard InChI is InChI=1S/C23H20Cl2N6O2/c1-13(27-21-19-16(6-3-7-26-19)29-23(25)30-21)17-12-14-4-2-5-15(24)18(14)20(28-17)22(32)31-8-10-33-11-9-31/h2-7,12-13H,8-11H2,1H3,(H,27,29,30). The summed E-state index contributed by atoms with van der Waals surface area (Å²) in [4.78, 5) is 32.8. The quantitative estimate of drug-likeness (QED) is 0.427. The van der Waals surface area contributed by atoms with E-state index >= 15 is 0 Å². The Morgan fingerprint density at radius 2 is 1.94 bits per heavy atom. The first-order chi connectivity index (χ1) is 16.0. The van der Waals surface area contributed by atoms with Crippen LogP contribution in [0, 0.1) is 0 Å². The number of anilines is 1. The van der Waals surface area contributed by atoms with E-state index in [2.05, 4.69) is 20.3 Å². The van der Waals surface area contributed by atoms with Crippen molar-refractivity contribution < 1.29 is 9.53 Å². The Kier molecular flexibility index (Phi) is 5.97. The molecule has 1 aromatic carbocycles. The van der Waals surface area contributed by atoms with E-state index in [-0.39, 0.29) is 17.2 Å². The molecule has 0 bridgehead atoms. The number of nitrogens with one attached hydrogen (secondary N) is 1. The molecule has 0 aliphatic carbocycles. The largest absolute Gasteiger partial charge is 0.378 e. The molecule has 0 spiro atoms. The molecule has 1 aliphatic rings. The highest BCUT2D eigenvalue weighted by Gasteiger charge is 2.25. The van der Waals surface area contributed by atoms with Crippen LogP contribution < -0.4 is 5.32 Å². The Bertz CT molecular complexity index is 1360. The van der Waals surface area contributed by atoms with Crippen molar-refractivity contribution in [3.05, 3.63) is 64.3 Å². The number of halogens is 2. The molecular formula is C23H20Cl2N6O2. The monoisotopic (exact) mass is 482 g/mol. The van der Waals surface area contributed by atoms with Gasteiger partial charge in [-0.15, -0.1) is 0 Å². The predicted octanol–water partition coefficient (Wildman–Crippen LogP) is 4.53. The van der Waals surface area contributed by atoms with Gasteiger partial charge in [-0.3, -0.25) is 9.78 Å². The lowest BCUT2D eigenvalue weighted by atomic mass is 10.0. The number of carbonyl (C=O) groups excluding carboxylic acids is 1.